The Bertz CT molecular complexity index is 928. The van der Waals surface area contributed by atoms with Gasteiger partial charge in [0.2, 0.25) is 10.0 Å². The highest BCUT2D eigenvalue weighted by molar-refractivity contribution is 9.10. The van der Waals surface area contributed by atoms with E-state index in [2.05, 4.69) is 26.6 Å². The number of rotatable bonds is 5. The number of nitrogens with two attached hydrogens (primary N) is 1. The number of anilines is 1. The third kappa shape index (κ3) is 5.65. The van der Waals surface area contributed by atoms with Crippen molar-refractivity contribution in [1.29, 1.82) is 0 Å². The third-order valence-corrected chi connectivity index (χ3v) is 5.02. The van der Waals surface area contributed by atoms with Crippen molar-refractivity contribution in [3.63, 3.8) is 0 Å². The van der Waals surface area contributed by atoms with Crippen LogP contribution in [-0.4, -0.2) is 26.8 Å². The summed E-state index contributed by atoms with van der Waals surface area (Å²) in [5.41, 5.74) is 2.20. The summed E-state index contributed by atoms with van der Waals surface area (Å²) in [6, 6.07) is 11.3. The Balaban J connectivity index is 1.85. The second-order valence-corrected chi connectivity index (χ2v) is 8.09. The van der Waals surface area contributed by atoms with Crippen LogP contribution in [0.15, 0.2) is 51.8 Å². The third-order valence-electron chi connectivity index (χ3n) is 3.59. The number of sulfonamides is 1. The van der Waals surface area contributed by atoms with Gasteiger partial charge in [-0.25, -0.2) is 13.6 Å². The average Bonchev–Trinajstić information content (AvgIpc) is 2.57. The second kappa shape index (κ2) is 8.43. The topological polar surface area (TPSA) is 118 Å². The molecule has 138 valence electrons. The number of halogens is 1. The van der Waals surface area contributed by atoms with Crippen molar-refractivity contribution in [3.8, 4) is 0 Å². The Labute approximate surface area is 160 Å². The monoisotopic (exact) mass is 439 g/mol. The van der Waals surface area contributed by atoms with Gasteiger partial charge in [-0.3, -0.25) is 9.59 Å². The van der Waals surface area contributed by atoms with Crippen LogP contribution in [0, 0.1) is 6.92 Å². The number of aryl methyl sites for hydroxylation is 1. The molecule has 26 heavy (non-hydrogen) atoms. The van der Waals surface area contributed by atoms with Gasteiger partial charge < -0.3 is 10.6 Å². The minimum Gasteiger partial charge on any atom is -0.347 e. The number of amides is 2. The van der Waals surface area contributed by atoms with Gasteiger partial charge in [0.1, 0.15) is 0 Å². The van der Waals surface area contributed by atoms with Gasteiger partial charge in [0, 0.05) is 16.7 Å². The van der Waals surface area contributed by atoms with Crippen LogP contribution in [0.25, 0.3) is 0 Å². The number of carbonyl (C=O) groups is 2. The summed E-state index contributed by atoms with van der Waals surface area (Å²) in [5, 5.41) is 10.1. The van der Waals surface area contributed by atoms with E-state index in [-0.39, 0.29) is 11.4 Å². The summed E-state index contributed by atoms with van der Waals surface area (Å²) in [7, 11) is -3.73. The van der Waals surface area contributed by atoms with Crippen molar-refractivity contribution in [3.05, 3.63) is 58.1 Å². The molecule has 0 heterocycles. The smallest absolute Gasteiger partial charge is 0.313 e. The van der Waals surface area contributed by atoms with Gasteiger partial charge in [-0.05, 0) is 54.8 Å². The summed E-state index contributed by atoms with van der Waals surface area (Å²) >= 11 is 3.33. The molecule has 0 aromatic heterocycles. The van der Waals surface area contributed by atoms with Crippen LogP contribution < -0.4 is 15.8 Å². The Kier molecular flexibility index (Phi) is 6.52. The van der Waals surface area contributed by atoms with E-state index in [1.165, 1.54) is 12.1 Å². The van der Waals surface area contributed by atoms with Crippen LogP contribution in [0.1, 0.15) is 11.1 Å². The molecule has 0 aliphatic heterocycles. The molecule has 0 spiro atoms. The molecule has 0 unspecified atom stereocenters. The molecule has 0 fully saturated rings. The number of hydrogen-bond donors (Lipinski definition) is 3. The van der Waals surface area contributed by atoms with Crippen LogP contribution in [0.2, 0.25) is 0 Å². The molecular weight excluding hydrogens is 422 g/mol. The molecule has 7 nitrogen and oxygen atoms in total. The summed E-state index contributed by atoms with van der Waals surface area (Å²) in [5.74, 6) is -1.49. The maximum atomic E-state index is 11.9. The van der Waals surface area contributed by atoms with E-state index < -0.39 is 21.8 Å². The molecule has 0 radical (unpaired) electrons. The lowest BCUT2D eigenvalue weighted by molar-refractivity contribution is -0.136. The molecule has 4 N–H and O–H groups in total. The molecule has 2 aromatic carbocycles. The lowest BCUT2D eigenvalue weighted by Gasteiger charge is -2.09. The van der Waals surface area contributed by atoms with Crippen LogP contribution in [0.5, 0.6) is 0 Å². The lowest BCUT2D eigenvalue weighted by Crippen LogP contribution is -2.36. The average molecular weight is 440 g/mol. The Hall–Kier alpha value is -2.23. The van der Waals surface area contributed by atoms with Gasteiger partial charge >= 0.3 is 11.8 Å². The molecule has 2 amide bonds. The van der Waals surface area contributed by atoms with E-state index in [1.54, 1.807) is 24.3 Å². The zero-order valence-corrected chi connectivity index (χ0v) is 16.4. The van der Waals surface area contributed by atoms with Crippen molar-refractivity contribution >= 4 is 43.5 Å². The zero-order valence-electron chi connectivity index (χ0n) is 14.0. The number of nitrogens with one attached hydrogen (secondary N) is 2. The minimum absolute atomic E-state index is 0.0227. The van der Waals surface area contributed by atoms with E-state index in [0.717, 1.165) is 15.6 Å². The van der Waals surface area contributed by atoms with Gasteiger partial charge in [-0.2, -0.15) is 0 Å². The van der Waals surface area contributed by atoms with Crippen molar-refractivity contribution in [2.24, 2.45) is 5.14 Å². The standard InChI is InChI=1S/C17H18BrN3O4S/c1-11-10-13(18)4-7-15(11)21-17(23)16(22)20-9-8-12-2-5-14(6-3-12)26(19,24)25/h2-7,10H,8-9H2,1H3,(H,20,22)(H,21,23)(H2,19,24,25). The summed E-state index contributed by atoms with van der Waals surface area (Å²) in [4.78, 5) is 23.8. The highest BCUT2D eigenvalue weighted by atomic mass is 79.9. The number of benzene rings is 2. The zero-order chi connectivity index (χ0) is 19.3. The largest absolute Gasteiger partial charge is 0.347 e. The quantitative estimate of drug-likeness (QED) is 0.614. The Morgan fingerprint density at radius 3 is 2.31 bits per heavy atom. The number of primary sulfonamides is 1. The van der Waals surface area contributed by atoms with Crippen molar-refractivity contribution in [2.45, 2.75) is 18.2 Å². The summed E-state index contributed by atoms with van der Waals surface area (Å²) < 4.78 is 23.3. The first kappa shape index (κ1) is 20.1. The first-order chi connectivity index (χ1) is 12.2. The SMILES string of the molecule is Cc1cc(Br)ccc1NC(=O)C(=O)NCCc1ccc(S(N)(=O)=O)cc1. The second-order valence-electron chi connectivity index (χ2n) is 5.61. The van der Waals surface area contributed by atoms with E-state index in [9.17, 15) is 18.0 Å². The highest BCUT2D eigenvalue weighted by Crippen LogP contribution is 2.19. The van der Waals surface area contributed by atoms with Crippen LogP contribution in [-0.2, 0) is 26.0 Å². The first-order valence-corrected chi connectivity index (χ1v) is 9.98. The molecule has 0 atom stereocenters. The highest BCUT2D eigenvalue weighted by Gasteiger charge is 2.14. The van der Waals surface area contributed by atoms with Gasteiger partial charge in [-0.15, -0.1) is 0 Å². The molecule has 0 bridgehead atoms. The maximum absolute atomic E-state index is 11.9. The normalized spacial score (nSPS) is 11.0. The molecule has 2 aromatic rings. The maximum Gasteiger partial charge on any atom is 0.313 e. The molecular formula is C17H18BrN3O4S. The van der Waals surface area contributed by atoms with Crippen LogP contribution >= 0.6 is 15.9 Å². The molecule has 9 heteroatoms. The minimum atomic E-state index is -3.73. The predicted octanol–water partition coefficient (Wildman–Crippen LogP) is 1.70. The van der Waals surface area contributed by atoms with Crippen molar-refractivity contribution < 1.29 is 18.0 Å². The molecule has 0 aliphatic rings. The lowest BCUT2D eigenvalue weighted by atomic mass is 10.1. The van der Waals surface area contributed by atoms with E-state index in [4.69, 9.17) is 5.14 Å². The fraction of sp³-hybridized carbons (Fsp3) is 0.176. The van der Waals surface area contributed by atoms with Gasteiger partial charge in [0.15, 0.2) is 0 Å². The van der Waals surface area contributed by atoms with Crippen molar-refractivity contribution in [2.75, 3.05) is 11.9 Å². The van der Waals surface area contributed by atoms with Crippen LogP contribution in [0.3, 0.4) is 0 Å². The Morgan fingerprint density at radius 1 is 1.08 bits per heavy atom. The first-order valence-electron chi connectivity index (χ1n) is 7.64. The van der Waals surface area contributed by atoms with Gasteiger partial charge in [-0.1, -0.05) is 28.1 Å². The molecule has 0 saturated carbocycles. The van der Waals surface area contributed by atoms with E-state index >= 15 is 0 Å². The van der Waals surface area contributed by atoms with Gasteiger partial charge in [0.25, 0.3) is 0 Å². The van der Waals surface area contributed by atoms with Crippen LogP contribution in [0.4, 0.5) is 5.69 Å². The van der Waals surface area contributed by atoms with Crippen molar-refractivity contribution in [1.82, 2.24) is 5.32 Å². The fourth-order valence-electron chi connectivity index (χ4n) is 2.19. The fourth-order valence-corrected chi connectivity index (χ4v) is 3.18. The van der Waals surface area contributed by atoms with E-state index in [1.807, 2.05) is 13.0 Å². The van der Waals surface area contributed by atoms with Gasteiger partial charge in [0.05, 0.1) is 4.90 Å². The molecule has 0 aliphatic carbocycles. The Morgan fingerprint density at radius 2 is 1.73 bits per heavy atom. The molecule has 2 rings (SSSR count). The number of hydrogen-bond acceptors (Lipinski definition) is 4. The summed E-state index contributed by atoms with van der Waals surface area (Å²) in [6.07, 6.45) is 0.446. The van der Waals surface area contributed by atoms with E-state index in [0.29, 0.717) is 12.1 Å². The number of carbonyl (C=O) groups excluding carboxylic acids is 2. The summed E-state index contributed by atoms with van der Waals surface area (Å²) in [6.45, 7) is 2.06. The molecule has 0 saturated heterocycles. The predicted molar refractivity (Wildman–Crippen MR) is 102 cm³/mol.